The van der Waals surface area contributed by atoms with Crippen molar-refractivity contribution in [1.29, 1.82) is 0 Å². The Kier molecular flexibility index (Phi) is 4.79. The Labute approximate surface area is 112 Å². The predicted octanol–water partition coefficient (Wildman–Crippen LogP) is 3.78. The van der Waals surface area contributed by atoms with Crippen LogP contribution in [0.15, 0.2) is 41.1 Å². The van der Waals surface area contributed by atoms with E-state index in [0.717, 1.165) is 30.8 Å². The minimum Gasteiger partial charge on any atom is -0.494 e. The van der Waals surface area contributed by atoms with Crippen LogP contribution in [0.4, 0.5) is 0 Å². The van der Waals surface area contributed by atoms with E-state index in [0.29, 0.717) is 0 Å². The van der Waals surface area contributed by atoms with Crippen molar-refractivity contribution in [2.45, 2.75) is 25.8 Å². The van der Waals surface area contributed by atoms with Gasteiger partial charge in [0.1, 0.15) is 5.75 Å². The van der Waals surface area contributed by atoms with E-state index in [1.165, 1.54) is 5.56 Å². The lowest BCUT2D eigenvalue weighted by Crippen LogP contribution is -2.13. The van der Waals surface area contributed by atoms with Crippen LogP contribution in [0.2, 0.25) is 0 Å². The molecule has 2 aromatic rings. The third-order valence-corrected chi connectivity index (χ3v) is 3.53. The molecule has 1 unspecified atom stereocenters. The Bertz CT molecular complexity index is 467. The fourth-order valence-electron chi connectivity index (χ4n) is 1.84. The molecule has 1 aromatic carbocycles. The van der Waals surface area contributed by atoms with Gasteiger partial charge in [0.25, 0.3) is 0 Å². The van der Waals surface area contributed by atoms with Crippen LogP contribution in [0.25, 0.3) is 0 Å². The van der Waals surface area contributed by atoms with Crippen molar-refractivity contribution < 1.29 is 4.74 Å². The molecule has 0 radical (unpaired) electrons. The van der Waals surface area contributed by atoms with Gasteiger partial charge in [0.05, 0.1) is 6.61 Å². The summed E-state index contributed by atoms with van der Waals surface area (Å²) >= 11 is 1.71. The van der Waals surface area contributed by atoms with Crippen LogP contribution in [-0.2, 0) is 6.42 Å². The molecule has 1 aromatic heterocycles. The quantitative estimate of drug-likeness (QED) is 0.859. The second kappa shape index (κ2) is 6.57. The van der Waals surface area contributed by atoms with Crippen molar-refractivity contribution in [2.24, 2.45) is 5.73 Å². The van der Waals surface area contributed by atoms with Crippen LogP contribution in [0.3, 0.4) is 0 Å². The molecule has 0 spiro atoms. The standard InChI is InChI=1S/C15H19NOS/c1-2-7-17-14-5-3-4-13(10-14)15(16)9-12-6-8-18-11-12/h3-6,8,10-11,15H,2,7,9,16H2,1H3. The molecule has 0 saturated heterocycles. The molecule has 1 atom stereocenters. The molecule has 96 valence electrons. The van der Waals surface area contributed by atoms with Crippen LogP contribution >= 0.6 is 11.3 Å². The lowest BCUT2D eigenvalue weighted by atomic mass is 10.0. The van der Waals surface area contributed by atoms with Gasteiger partial charge in [-0.15, -0.1) is 0 Å². The Morgan fingerprint density at radius 1 is 1.33 bits per heavy atom. The molecule has 2 nitrogen and oxygen atoms in total. The van der Waals surface area contributed by atoms with E-state index >= 15 is 0 Å². The van der Waals surface area contributed by atoms with Gasteiger partial charge in [-0.25, -0.2) is 0 Å². The Morgan fingerprint density at radius 2 is 2.22 bits per heavy atom. The number of ether oxygens (including phenoxy) is 1. The lowest BCUT2D eigenvalue weighted by Gasteiger charge is -2.13. The first kappa shape index (κ1) is 13.1. The number of hydrogen-bond donors (Lipinski definition) is 1. The van der Waals surface area contributed by atoms with Crippen LogP contribution in [0.5, 0.6) is 5.75 Å². The van der Waals surface area contributed by atoms with Gasteiger partial charge in [-0.05, 0) is 52.9 Å². The van der Waals surface area contributed by atoms with E-state index in [9.17, 15) is 0 Å². The van der Waals surface area contributed by atoms with Crippen LogP contribution in [0.1, 0.15) is 30.5 Å². The molecule has 2 N–H and O–H groups in total. The molecule has 2 rings (SSSR count). The summed E-state index contributed by atoms with van der Waals surface area (Å²) in [7, 11) is 0. The van der Waals surface area contributed by atoms with E-state index in [4.69, 9.17) is 10.5 Å². The second-order valence-electron chi connectivity index (χ2n) is 4.36. The third-order valence-electron chi connectivity index (χ3n) is 2.79. The first-order chi connectivity index (χ1) is 8.79. The van der Waals surface area contributed by atoms with E-state index in [2.05, 4.69) is 29.8 Å². The molecule has 0 aliphatic rings. The van der Waals surface area contributed by atoms with Crippen LogP contribution < -0.4 is 10.5 Å². The molecule has 0 fully saturated rings. The smallest absolute Gasteiger partial charge is 0.119 e. The van der Waals surface area contributed by atoms with Gasteiger partial charge >= 0.3 is 0 Å². The highest BCUT2D eigenvalue weighted by Gasteiger charge is 2.08. The molecule has 3 heteroatoms. The van der Waals surface area contributed by atoms with Gasteiger partial charge in [0.2, 0.25) is 0 Å². The molecule has 18 heavy (non-hydrogen) atoms. The highest BCUT2D eigenvalue weighted by Crippen LogP contribution is 2.21. The number of benzene rings is 1. The average Bonchev–Trinajstić information content (AvgIpc) is 2.89. The van der Waals surface area contributed by atoms with Gasteiger partial charge in [0.15, 0.2) is 0 Å². The van der Waals surface area contributed by atoms with Crippen molar-refractivity contribution in [3.05, 3.63) is 52.2 Å². The maximum atomic E-state index is 6.23. The minimum absolute atomic E-state index is 0.0322. The van der Waals surface area contributed by atoms with Gasteiger partial charge in [-0.1, -0.05) is 19.1 Å². The van der Waals surface area contributed by atoms with Crippen molar-refractivity contribution in [1.82, 2.24) is 0 Å². The molecular weight excluding hydrogens is 242 g/mol. The van der Waals surface area contributed by atoms with Gasteiger partial charge < -0.3 is 10.5 Å². The Morgan fingerprint density at radius 3 is 2.94 bits per heavy atom. The fraction of sp³-hybridized carbons (Fsp3) is 0.333. The number of nitrogens with two attached hydrogens (primary N) is 1. The highest BCUT2D eigenvalue weighted by molar-refractivity contribution is 7.07. The van der Waals surface area contributed by atoms with Crippen molar-refractivity contribution in [3.63, 3.8) is 0 Å². The van der Waals surface area contributed by atoms with Crippen molar-refractivity contribution in [3.8, 4) is 5.75 Å². The molecule has 0 amide bonds. The topological polar surface area (TPSA) is 35.2 Å². The van der Waals surface area contributed by atoms with Gasteiger partial charge in [0, 0.05) is 6.04 Å². The van der Waals surface area contributed by atoms with Crippen LogP contribution in [0, 0.1) is 0 Å². The van der Waals surface area contributed by atoms with E-state index in [1.54, 1.807) is 11.3 Å². The summed E-state index contributed by atoms with van der Waals surface area (Å²) in [5.74, 6) is 0.912. The molecular formula is C15H19NOS. The average molecular weight is 261 g/mol. The lowest BCUT2D eigenvalue weighted by molar-refractivity contribution is 0.317. The molecule has 0 bridgehead atoms. The summed E-state index contributed by atoms with van der Waals surface area (Å²) in [5.41, 5.74) is 8.67. The van der Waals surface area contributed by atoms with Crippen LogP contribution in [-0.4, -0.2) is 6.61 Å². The number of thiophene rings is 1. The summed E-state index contributed by atoms with van der Waals surface area (Å²) in [6.07, 6.45) is 1.89. The third kappa shape index (κ3) is 3.59. The summed E-state index contributed by atoms with van der Waals surface area (Å²) in [6.45, 7) is 2.86. The molecule has 1 heterocycles. The maximum Gasteiger partial charge on any atom is 0.119 e. The summed E-state index contributed by atoms with van der Waals surface area (Å²) in [5, 5.41) is 4.24. The normalized spacial score (nSPS) is 12.3. The zero-order valence-electron chi connectivity index (χ0n) is 10.6. The van der Waals surface area contributed by atoms with E-state index in [1.807, 2.05) is 18.2 Å². The summed E-state index contributed by atoms with van der Waals surface area (Å²) in [6, 6.07) is 10.3. The summed E-state index contributed by atoms with van der Waals surface area (Å²) < 4.78 is 5.63. The Hall–Kier alpha value is -1.32. The zero-order chi connectivity index (χ0) is 12.8. The van der Waals surface area contributed by atoms with Gasteiger partial charge in [-0.2, -0.15) is 11.3 Å². The summed E-state index contributed by atoms with van der Waals surface area (Å²) in [4.78, 5) is 0. The predicted molar refractivity (Wildman–Crippen MR) is 77.2 cm³/mol. The first-order valence-corrected chi connectivity index (χ1v) is 7.23. The fourth-order valence-corrected chi connectivity index (χ4v) is 2.52. The Balaban J connectivity index is 2.03. The molecule has 0 saturated carbocycles. The zero-order valence-corrected chi connectivity index (χ0v) is 11.5. The van der Waals surface area contributed by atoms with Crippen molar-refractivity contribution >= 4 is 11.3 Å². The highest BCUT2D eigenvalue weighted by atomic mass is 32.1. The molecule has 0 aliphatic heterocycles. The van der Waals surface area contributed by atoms with Crippen molar-refractivity contribution in [2.75, 3.05) is 6.61 Å². The monoisotopic (exact) mass is 261 g/mol. The molecule has 0 aliphatic carbocycles. The largest absolute Gasteiger partial charge is 0.494 e. The van der Waals surface area contributed by atoms with E-state index < -0.39 is 0 Å². The van der Waals surface area contributed by atoms with E-state index in [-0.39, 0.29) is 6.04 Å². The second-order valence-corrected chi connectivity index (χ2v) is 5.14. The number of rotatable bonds is 6. The minimum atomic E-state index is 0.0322. The first-order valence-electron chi connectivity index (χ1n) is 6.29. The van der Waals surface area contributed by atoms with Gasteiger partial charge in [-0.3, -0.25) is 0 Å². The SMILES string of the molecule is CCCOc1cccc(C(N)Cc2ccsc2)c1. The maximum absolute atomic E-state index is 6.23. The number of hydrogen-bond acceptors (Lipinski definition) is 3.